The Morgan fingerprint density at radius 1 is 1.28 bits per heavy atom. The van der Waals surface area contributed by atoms with Crippen LogP contribution in [0.25, 0.3) is 0 Å². The number of carboxylic acid groups (broad SMARTS) is 1. The van der Waals surface area contributed by atoms with Crippen molar-refractivity contribution in [2.24, 2.45) is 11.8 Å². The van der Waals surface area contributed by atoms with Crippen LogP contribution in [0.3, 0.4) is 0 Å². The maximum absolute atomic E-state index is 12.0. The summed E-state index contributed by atoms with van der Waals surface area (Å²) in [6.07, 6.45) is 12.2. The number of aliphatic hydroxyl groups is 2. The van der Waals surface area contributed by atoms with E-state index in [9.17, 15) is 19.8 Å². The molecule has 0 amide bonds. The van der Waals surface area contributed by atoms with Crippen molar-refractivity contribution in [1.29, 1.82) is 0 Å². The molecule has 1 fully saturated rings. The van der Waals surface area contributed by atoms with E-state index in [1.807, 2.05) is 6.08 Å². The van der Waals surface area contributed by atoms with Crippen molar-refractivity contribution >= 4 is 11.8 Å². The molecule has 5 nitrogen and oxygen atoms in total. The first-order valence-electron chi connectivity index (χ1n) is 9.39. The molecule has 5 heteroatoms. The lowest BCUT2D eigenvalue weighted by atomic mass is 9.89. The van der Waals surface area contributed by atoms with Crippen molar-refractivity contribution in [2.45, 2.75) is 76.9 Å². The van der Waals surface area contributed by atoms with Crippen molar-refractivity contribution in [3.05, 3.63) is 24.3 Å². The number of carbonyl (C=O) groups excluding carboxylic acids is 1. The van der Waals surface area contributed by atoms with Gasteiger partial charge in [-0.05, 0) is 32.1 Å². The van der Waals surface area contributed by atoms with Gasteiger partial charge in [-0.25, -0.2) is 0 Å². The van der Waals surface area contributed by atoms with Crippen LogP contribution >= 0.6 is 0 Å². The third kappa shape index (κ3) is 8.45. The van der Waals surface area contributed by atoms with Crippen LogP contribution in [-0.2, 0) is 9.59 Å². The fourth-order valence-corrected chi connectivity index (χ4v) is 3.27. The molecule has 0 radical (unpaired) electrons. The Labute approximate surface area is 150 Å². The average Bonchev–Trinajstić information content (AvgIpc) is 2.82. The van der Waals surface area contributed by atoms with E-state index in [-0.39, 0.29) is 30.5 Å². The minimum atomic E-state index is -0.876. The molecular weight excluding hydrogens is 320 g/mol. The molecule has 0 spiro atoms. The first-order valence-corrected chi connectivity index (χ1v) is 9.39. The number of ketones is 1. The molecular formula is C20H32O5. The predicted molar refractivity (Wildman–Crippen MR) is 97.1 cm³/mol. The zero-order valence-corrected chi connectivity index (χ0v) is 15.1. The summed E-state index contributed by atoms with van der Waals surface area (Å²) in [5.74, 6) is -1.57. The van der Waals surface area contributed by atoms with Gasteiger partial charge < -0.3 is 15.3 Å². The number of aliphatic carboxylic acids is 1. The number of carboxylic acids is 1. The normalized spacial score (nSPS) is 25.2. The highest BCUT2D eigenvalue weighted by molar-refractivity contribution is 5.84. The Kier molecular flexibility index (Phi) is 10.3. The molecule has 25 heavy (non-hydrogen) atoms. The molecule has 0 aromatic rings. The van der Waals surface area contributed by atoms with E-state index in [2.05, 4.69) is 13.0 Å². The summed E-state index contributed by atoms with van der Waals surface area (Å²) in [7, 11) is 0. The SMILES string of the molecule is CCCCC/C=C\C[C@@H](O)/C=C/[C@H]1[C@@H](O)CC(=O)[C@@H]1CCCC(=O)O. The minimum Gasteiger partial charge on any atom is -0.481 e. The summed E-state index contributed by atoms with van der Waals surface area (Å²) < 4.78 is 0. The van der Waals surface area contributed by atoms with Crippen molar-refractivity contribution in [3.8, 4) is 0 Å². The molecule has 0 heterocycles. The highest BCUT2D eigenvalue weighted by atomic mass is 16.4. The Morgan fingerprint density at radius 3 is 2.72 bits per heavy atom. The summed E-state index contributed by atoms with van der Waals surface area (Å²) in [6, 6.07) is 0. The van der Waals surface area contributed by atoms with Gasteiger partial charge >= 0.3 is 5.97 Å². The molecule has 0 aromatic heterocycles. The lowest BCUT2D eigenvalue weighted by Gasteiger charge is -2.17. The van der Waals surface area contributed by atoms with Crippen LogP contribution in [-0.4, -0.2) is 39.3 Å². The molecule has 4 atom stereocenters. The number of Topliss-reactive ketones (excluding diaryl/α,β-unsaturated/α-hetero) is 1. The van der Waals surface area contributed by atoms with Gasteiger partial charge in [0.15, 0.2) is 0 Å². The van der Waals surface area contributed by atoms with E-state index in [1.165, 1.54) is 12.8 Å². The first kappa shape index (κ1) is 21.6. The van der Waals surface area contributed by atoms with Gasteiger partial charge in [0.05, 0.1) is 12.2 Å². The van der Waals surface area contributed by atoms with E-state index in [0.29, 0.717) is 19.3 Å². The molecule has 0 unspecified atom stereocenters. The summed E-state index contributed by atoms with van der Waals surface area (Å²) in [4.78, 5) is 22.6. The van der Waals surface area contributed by atoms with E-state index < -0.39 is 18.2 Å². The lowest BCUT2D eigenvalue weighted by molar-refractivity contribution is -0.137. The quantitative estimate of drug-likeness (QED) is 0.370. The van der Waals surface area contributed by atoms with Gasteiger partial charge in [0, 0.05) is 24.7 Å². The summed E-state index contributed by atoms with van der Waals surface area (Å²) >= 11 is 0. The molecule has 1 saturated carbocycles. The van der Waals surface area contributed by atoms with Gasteiger partial charge in [-0.3, -0.25) is 9.59 Å². The third-order valence-electron chi connectivity index (χ3n) is 4.71. The van der Waals surface area contributed by atoms with Crippen LogP contribution in [0.5, 0.6) is 0 Å². The van der Waals surface area contributed by atoms with E-state index >= 15 is 0 Å². The van der Waals surface area contributed by atoms with Crippen molar-refractivity contribution in [3.63, 3.8) is 0 Å². The van der Waals surface area contributed by atoms with Crippen LogP contribution in [0.15, 0.2) is 24.3 Å². The number of aliphatic hydroxyl groups excluding tert-OH is 2. The summed E-state index contributed by atoms with van der Waals surface area (Å²) in [5, 5.41) is 28.8. The van der Waals surface area contributed by atoms with E-state index in [4.69, 9.17) is 5.11 Å². The number of unbranched alkanes of at least 4 members (excludes halogenated alkanes) is 3. The lowest BCUT2D eigenvalue weighted by Crippen LogP contribution is -2.19. The number of carbonyl (C=O) groups is 2. The average molecular weight is 352 g/mol. The van der Waals surface area contributed by atoms with Gasteiger partial charge in [0.25, 0.3) is 0 Å². The fraction of sp³-hybridized carbons (Fsp3) is 0.700. The number of hydrogen-bond acceptors (Lipinski definition) is 4. The smallest absolute Gasteiger partial charge is 0.303 e. The van der Waals surface area contributed by atoms with Gasteiger partial charge in [0.1, 0.15) is 5.78 Å². The van der Waals surface area contributed by atoms with Crippen LogP contribution in [0, 0.1) is 11.8 Å². The van der Waals surface area contributed by atoms with Gasteiger partial charge in [0.2, 0.25) is 0 Å². The predicted octanol–water partition coefficient (Wildman–Crippen LogP) is 3.25. The number of hydrogen-bond donors (Lipinski definition) is 3. The zero-order valence-electron chi connectivity index (χ0n) is 15.1. The molecule has 0 saturated heterocycles. The van der Waals surface area contributed by atoms with Gasteiger partial charge in [-0.15, -0.1) is 0 Å². The second-order valence-corrected chi connectivity index (χ2v) is 6.86. The van der Waals surface area contributed by atoms with Gasteiger partial charge in [-0.2, -0.15) is 0 Å². The highest BCUT2D eigenvalue weighted by Crippen LogP contribution is 2.34. The van der Waals surface area contributed by atoms with Crippen LogP contribution in [0.1, 0.15) is 64.7 Å². The van der Waals surface area contributed by atoms with E-state index in [1.54, 1.807) is 12.2 Å². The van der Waals surface area contributed by atoms with Crippen molar-refractivity contribution in [2.75, 3.05) is 0 Å². The third-order valence-corrected chi connectivity index (χ3v) is 4.71. The number of allylic oxidation sites excluding steroid dienone is 1. The minimum absolute atomic E-state index is 0.0159. The maximum atomic E-state index is 12.0. The largest absolute Gasteiger partial charge is 0.481 e. The maximum Gasteiger partial charge on any atom is 0.303 e. The Bertz CT molecular complexity index is 469. The zero-order chi connectivity index (χ0) is 18.7. The molecule has 142 valence electrons. The summed E-state index contributed by atoms with van der Waals surface area (Å²) in [6.45, 7) is 2.16. The molecule has 1 aliphatic rings. The topological polar surface area (TPSA) is 94.8 Å². The monoisotopic (exact) mass is 352 g/mol. The van der Waals surface area contributed by atoms with Crippen molar-refractivity contribution in [1.82, 2.24) is 0 Å². The van der Waals surface area contributed by atoms with Crippen LogP contribution in [0.4, 0.5) is 0 Å². The molecule has 1 rings (SSSR count). The second-order valence-electron chi connectivity index (χ2n) is 6.86. The number of rotatable bonds is 12. The standard InChI is InChI=1S/C20H32O5/c1-2-3-4-5-6-7-9-15(21)12-13-17-16(10-8-11-20(24)25)18(22)14-19(17)23/h6-7,12-13,15-17,19,21,23H,2-5,8-11,14H2,1H3,(H,24,25)/b7-6-,13-12+/t15-,16-,17-,19+/m1/s1. The van der Waals surface area contributed by atoms with Crippen LogP contribution < -0.4 is 0 Å². The van der Waals surface area contributed by atoms with Gasteiger partial charge in [-0.1, -0.05) is 44.1 Å². The second kappa shape index (κ2) is 12.0. The van der Waals surface area contributed by atoms with Crippen molar-refractivity contribution < 1.29 is 24.9 Å². The Hall–Kier alpha value is -1.46. The molecule has 0 bridgehead atoms. The van der Waals surface area contributed by atoms with E-state index in [0.717, 1.165) is 12.8 Å². The highest BCUT2D eigenvalue weighted by Gasteiger charge is 2.39. The molecule has 3 N–H and O–H groups in total. The molecule has 1 aliphatic carbocycles. The van der Waals surface area contributed by atoms with Crippen LogP contribution in [0.2, 0.25) is 0 Å². The molecule has 0 aliphatic heterocycles. The molecule has 0 aromatic carbocycles. The first-order chi connectivity index (χ1) is 12.0. The Morgan fingerprint density at radius 2 is 2.04 bits per heavy atom. The Balaban J connectivity index is 2.45. The fourth-order valence-electron chi connectivity index (χ4n) is 3.27. The summed E-state index contributed by atoms with van der Waals surface area (Å²) in [5.41, 5.74) is 0.